The highest BCUT2D eigenvalue weighted by Crippen LogP contribution is 2.18. The number of aldehydes is 1. The van der Waals surface area contributed by atoms with E-state index in [9.17, 15) is 4.79 Å². The highest BCUT2D eigenvalue weighted by Gasteiger charge is 2.05. The smallest absolute Gasteiger partial charge is 0.151 e. The maximum Gasteiger partial charge on any atom is 0.151 e. The summed E-state index contributed by atoms with van der Waals surface area (Å²) in [6.07, 6.45) is 1.96. The van der Waals surface area contributed by atoms with E-state index < -0.39 is 0 Å². The van der Waals surface area contributed by atoms with Crippen molar-refractivity contribution in [3.8, 4) is 0 Å². The summed E-state index contributed by atoms with van der Waals surface area (Å²) < 4.78 is 1.10. The fourth-order valence-electron chi connectivity index (χ4n) is 1.29. The highest BCUT2D eigenvalue weighted by molar-refractivity contribution is 14.1. The molecule has 1 rings (SSSR count). The molecule has 1 nitrogen and oxygen atoms in total. The standard InChI is InChI=1S/C11H13IO/c1-8(2)6-9-4-3-5-10(7-13)11(9)12/h3-5,7-8H,6H2,1-2H3. The van der Waals surface area contributed by atoms with Crippen molar-refractivity contribution in [2.45, 2.75) is 20.3 Å². The molecule has 0 saturated heterocycles. The first-order valence-corrected chi connectivity index (χ1v) is 5.45. The summed E-state index contributed by atoms with van der Waals surface area (Å²) in [5.74, 6) is 0.635. The second kappa shape index (κ2) is 4.74. The lowest BCUT2D eigenvalue weighted by Gasteiger charge is -2.08. The third-order valence-corrected chi connectivity index (χ3v) is 3.18. The molecular weight excluding hydrogens is 275 g/mol. The monoisotopic (exact) mass is 288 g/mol. The van der Waals surface area contributed by atoms with Gasteiger partial charge in [-0.05, 0) is 40.5 Å². The Morgan fingerprint density at radius 3 is 2.69 bits per heavy atom. The van der Waals surface area contributed by atoms with Crippen LogP contribution in [0.4, 0.5) is 0 Å². The molecule has 0 unspecified atom stereocenters. The molecule has 0 heterocycles. The number of halogens is 1. The van der Waals surface area contributed by atoms with E-state index in [4.69, 9.17) is 0 Å². The van der Waals surface area contributed by atoms with Gasteiger partial charge >= 0.3 is 0 Å². The van der Waals surface area contributed by atoms with Gasteiger partial charge in [0.15, 0.2) is 6.29 Å². The minimum atomic E-state index is 0.635. The van der Waals surface area contributed by atoms with Crippen LogP contribution in [0.2, 0.25) is 0 Å². The maximum atomic E-state index is 10.7. The first-order chi connectivity index (χ1) is 6.15. The van der Waals surface area contributed by atoms with Gasteiger partial charge in [0.05, 0.1) is 0 Å². The molecule has 0 aromatic heterocycles. The Morgan fingerprint density at radius 1 is 1.46 bits per heavy atom. The predicted octanol–water partition coefficient (Wildman–Crippen LogP) is 3.30. The Morgan fingerprint density at radius 2 is 2.15 bits per heavy atom. The zero-order chi connectivity index (χ0) is 9.84. The predicted molar refractivity (Wildman–Crippen MR) is 63.1 cm³/mol. The Kier molecular flexibility index (Phi) is 3.90. The third kappa shape index (κ3) is 2.79. The topological polar surface area (TPSA) is 17.1 Å². The van der Waals surface area contributed by atoms with E-state index in [1.807, 2.05) is 12.1 Å². The molecule has 0 amide bonds. The van der Waals surface area contributed by atoms with E-state index in [-0.39, 0.29) is 0 Å². The van der Waals surface area contributed by atoms with Crippen LogP contribution in [0.3, 0.4) is 0 Å². The fourth-order valence-corrected chi connectivity index (χ4v) is 2.00. The van der Waals surface area contributed by atoms with Crippen LogP contribution in [-0.2, 0) is 6.42 Å². The Balaban J connectivity index is 3.01. The third-order valence-electron chi connectivity index (χ3n) is 1.86. The molecular formula is C11H13IO. The molecule has 0 radical (unpaired) electrons. The molecule has 0 fully saturated rings. The molecule has 0 aliphatic heterocycles. The van der Waals surface area contributed by atoms with Crippen molar-refractivity contribution in [2.75, 3.05) is 0 Å². The van der Waals surface area contributed by atoms with E-state index in [2.05, 4.69) is 42.5 Å². The van der Waals surface area contributed by atoms with Crippen molar-refractivity contribution in [3.63, 3.8) is 0 Å². The van der Waals surface area contributed by atoms with Gasteiger partial charge in [-0.15, -0.1) is 0 Å². The Hall–Kier alpha value is -0.380. The largest absolute Gasteiger partial charge is 0.298 e. The average molecular weight is 288 g/mol. The van der Waals surface area contributed by atoms with Gasteiger partial charge in [-0.25, -0.2) is 0 Å². The molecule has 13 heavy (non-hydrogen) atoms. The van der Waals surface area contributed by atoms with E-state index in [0.717, 1.165) is 21.8 Å². The second-order valence-corrected chi connectivity index (χ2v) is 4.61. The van der Waals surface area contributed by atoms with Crippen LogP contribution in [0.1, 0.15) is 29.8 Å². The summed E-state index contributed by atoms with van der Waals surface area (Å²) in [5.41, 5.74) is 2.08. The maximum absolute atomic E-state index is 10.7. The molecule has 0 atom stereocenters. The second-order valence-electron chi connectivity index (χ2n) is 3.54. The van der Waals surface area contributed by atoms with E-state index >= 15 is 0 Å². The van der Waals surface area contributed by atoms with Crippen molar-refractivity contribution in [2.24, 2.45) is 5.92 Å². The van der Waals surface area contributed by atoms with Gasteiger partial charge in [-0.1, -0.05) is 32.0 Å². The molecule has 0 saturated carbocycles. The van der Waals surface area contributed by atoms with Crippen molar-refractivity contribution < 1.29 is 4.79 Å². The van der Waals surface area contributed by atoms with Gasteiger partial charge in [-0.2, -0.15) is 0 Å². The van der Waals surface area contributed by atoms with Gasteiger partial charge in [0.1, 0.15) is 0 Å². The number of rotatable bonds is 3. The van der Waals surface area contributed by atoms with Gasteiger partial charge < -0.3 is 0 Å². The normalized spacial score (nSPS) is 10.5. The minimum Gasteiger partial charge on any atom is -0.298 e. The van der Waals surface area contributed by atoms with Crippen LogP contribution < -0.4 is 0 Å². The van der Waals surface area contributed by atoms with Gasteiger partial charge in [0, 0.05) is 9.13 Å². The average Bonchev–Trinajstić information content (AvgIpc) is 2.08. The van der Waals surface area contributed by atoms with E-state index in [1.165, 1.54) is 5.56 Å². The molecule has 0 spiro atoms. The van der Waals surface area contributed by atoms with E-state index in [1.54, 1.807) is 0 Å². The zero-order valence-electron chi connectivity index (χ0n) is 7.88. The van der Waals surface area contributed by atoms with Crippen LogP contribution in [-0.4, -0.2) is 6.29 Å². The van der Waals surface area contributed by atoms with E-state index in [0.29, 0.717) is 5.92 Å². The van der Waals surface area contributed by atoms with Crippen LogP contribution in [0.15, 0.2) is 18.2 Å². The van der Waals surface area contributed by atoms with Crippen LogP contribution in [0.5, 0.6) is 0 Å². The van der Waals surface area contributed by atoms with Crippen molar-refractivity contribution in [1.82, 2.24) is 0 Å². The highest BCUT2D eigenvalue weighted by atomic mass is 127. The lowest BCUT2D eigenvalue weighted by atomic mass is 10.0. The fraction of sp³-hybridized carbons (Fsp3) is 0.364. The quantitative estimate of drug-likeness (QED) is 0.616. The Bertz CT molecular complexity index is 305. The van der Waals surface area contributed by atoms with Crippen molar-refractivity contribution in [3.05, 3.63) is 32.9 Å². The lowest BCUT2D eigenvalue weighted by molar-refractivity contribution is 0.112. The molecule has 1 aromatic carbocycles. The summed E-state index contributed by atoms with van der Waals surface area (Å²) in [5, 5.41) is 0. The van der Waals surface area contributed by atoms with Crippen molar-refractivity contribution in [1.29, 1.82) is 0 Å². The van der Waals surface area contributed by atoms with Crippen LogP contribution in [0.25, 0.3) is 0 Å². The summed E-state index contributed by atoms with van der Waals surface area (Å²) in [4.78, 5) is 10.7. The number of hydrogen-bond acceptors (Lipinski definition) is 1. The molecule has 2 heteroatoms. The van der Waals surface area contributed by atoms with Crippen LogP contribution >= 0.6 is 22.6 Å². The summed E-state index contributed by atoms with van der Waals surface area (Å²) in [6, 6.07) is 5.90. The van der Waals surface area contributed by atoms with Crippen LogP contribution in [0, 0.1) is 9.49 Å². The van der Waals surface area contributed by atoms with Crippen molar-refractivity contribution >= 4 is 28.9 Å². The molecule has 70 valence electrons. The summed E-state index contributed by atoms with van der Waals surface area (Å²) >= 11 is 2.24. The van der Waals surface area contributed by atoms with Gasteiger partial charge in [-0.3, -0.25) is 4.79 Å². The summed E-state index contributed by atoms with van der Waals surface area (Å²) in [7, 11) is 0. The number of benzene rings is 1. The summed E-state index contributed by atoms with van der Waals surface area (Å²) in [6.45, 7) is 4.37. The number of hydrogen-bond donors (Lipinski definition) is 0. The molecule has 0 aliphatic carbocycles. The van der Waals surface area contributed by atoms with Gasteiger partial charge in [0.2, 0.25) is 0 Å². The first-order valence-electron chi connectivity index (χ1n) is 4.37. The Labute approximate surface area is 92.7 Å². The molecule has 0 aliphatic rings. The lowest BCUT2D eigenvalue weighted by Crippen LogP contribution is -1.99. The zero-order valence-corrected chi connectivity index (χ0v) is 10.0. The molecule has 0 N–H and O–H groups in total. The number of carbonyl (C=O) groups excluding carboxylic acids is 1. The SMILES string of the molecule is CC(C)Cc1cccc(C=O)c1I. The molecule has 1 aromatic rings. The minimum absolute atomic E-state index is 0.635. The molecule has 0 bridgehead atoms. The number of carbonyl (C=O) groups is 1. The first kappa shape index (κ1) is 10.7. The van der Waals surface area contributed by atoms with Gasteiger partial charge in [0.25, 0.3) is 0 Å².